The third kappa shape index (κ3) is 2.61. The third-order valence-electron chi connectivity index (χ3n) is 2.00. The van der Waals surface area contributed by atoms with Crippen LogP contribution in [0.1, 0.15) is 10.4 Å². The molecule has 1 aromatic heterocycles. The number of carboxylic acid groups (broad SMARTS) is 1. The molecule has 0 aliphatic rings. The van der Waals surface area contributed by atoms with Gasteiger partial charge in [-0.05, 0) is 24.3 Å². The van der Waals surface area contributed by atoms with Crippen LogP contribution in [0, 0.1) is 0 Å². The van der Waals surface area contributed by atoms with E-state index in [0.29, 0.717) is 5.69 Å². The molecule has 8 heteroatoms. The zero-order valence-corrected chi connectivity index (χ0v) is 8.90. The highest BCUT2D eigenvalue weighted by Crippen LogP contribution is 2.16. The van der Waals surface area contributed by atoms with Crippen LogP contribution in [0.5, 0.6) is 12.0 Å². The number of aromatic hydroxyl groups is 2. The third-order valence-corrected chi connectivity index (χ3v) is 2.00. The highest BCUT2D eigenvalue weighted by Gasteiger charge is 2.05. The van der Waals surface area contributed by atoms with Gasteiger partial charge in [0.1, 0.15) is 0 Å². The van der Waals surface area contributed by atoms with E-state index in [9.17, 15) is 4.79 Å². The number of benzene rings is 1. The van der Waals surface area contributed by atoms with E-state index in [1.165, 1.54) is 24.3 Å². The Bertz CT molecular complexity index is 565. The van der Waals surface area contributed by atoms with Gasteiger partial charge in [0.25, 0.3) is 0 Å². The average molecular weight is 248 g/mol. The maximum absolute atomic E-state index is 10.6. The lowest BCUT2D eigenvalue weighted by Crippen LogP contribution is -2.00. The van der Waals surface area contributed by atoms with E-state index in [1.54, 1.807) is 0 Å². The van der Waals surface area contributed by atoms with Crippen molar-refractivity contribution in [2.24, 2.45) is 0 Å². The number of carbonyl (C=O) groups is 1. The molecule has 4 N–H and O–H groups in total. The van der Waals surface area contributed by atoms with Crippen LogP contribution in [-0.4, -0.2) is 36.2 Å². The maximum atomic E-state index is 10.6. The van der Waals surface area contributed by atoms with E-state index in [0.717, 1.165) is 0 Å². The fraction of sp³-hybridized carbons (Fsp3) is 0. The SMILES string of the molecule is O=C(O)c1ccc(Nc2nc(O)nc(O)n2)cc1. The molecule has 0 saturated heterocycles. The molecular formula is C10H8N4O4. The van der Waals surface area contributed by atoms with E-state index >= 15 is 0 Å². The van der Waals surface area contributed by atoms with Crippen molar-refractivity contribution in [1.82, 2.24) is 15.0 Å². The predicted molar refractivity (Wildman–Crippen MR) is 59.8 cm³/mol. The van der Waals surface area contributed by atoms with Crippen LogP contribution in [0.2, 0.25) is 0 Å². The normalized spacial score (nSPS) is 10.0. The second-order valence-corrected chi connectivity index (χ2v) is 3.27. The number of hydrogen-bond donors (Lipinski definition) is 4. The minimum absolute atomic E-state index is 0.0527. The molecule has 0 unspecified atom stereocenters. The van der Waals surface area contributed by atoms with Gasteiger partial charge < -0.3 is 20.6 Å². The summed E-state index contributed by atoms with van der Waals surface area (Å²) in [6.07, 6.45) is 0. The van der Waals surface area contributed by atoms with Crippen LogP contribution in [0.3, 0.4) is 0 Å². The van der Waals surface area contributed by atoms with E-state index in [4.69, 9.17) is 15.3 Å². The zero-order valence-electron chi connectivity index (χ0n) is 8.90. The lowest BCUT2D eigenvalue weighted by Gasteiger charge is -2.04. The Morgan fingerprint density at radius 2 is 1.56 bits per heavy atom. The van der Waals surface area contributed by atoms with Crippen molar-refractivity contribution in [2.45, 2.75) is 0 Å². The Morgan fingerprint density at radius 3 is 2.06 bits per heavy atom. The first-order chi connectivity index (χ1) is 8.54. The van der Waals surface area contributed by atoms with E-state index in [-0.39, 0.29) is 11.5 Å². The molecule has 2 rings (SSSR count). The lowest BCUT2D eigenvalue weighted by molar-refractivity contribution is 0.0697. The van der Waals surface area contributed by atoms with Gasteiger partial charge in [0.05, 0.1) is 5.56 Å². The van der Waals surface area contributed by atoms with Crippen molar-refractivity contribution < 1.29 is 20.1 Å². The number of rotatable bonds is 3. The quantitative estimate of drug-likeness (QED) is 0.625. The molecule has 0 aliphatic carbocycles. The van der Waals surface area contributed by atoms with Gasteiger partial charge in [0, 0.05) is 5.69 Å². The van der Waals surface area contributed by atoms with Crippen molar-refractivity contribution >= 4 is 17.6 Å². The minimum Gasteiger partial charge on any atom is -0.479 e. The van der Waals surface area contributed by atoms with Crippen molar-refractivity contribution in [1.29, 1.82) is 0 Å². The summed E-state index contributed by atoms with van der Waals surface area (Å²) in [5.74, 6) is -1.08. The fourth-order valence-electron chi connectivity index (χ4n) is 1.24. The highest BCUT2D eigenvalue weighted by atomic mass is 16.4. The molecule has 0 radical (unpaired) electrons. The van der Waals surface area contributed by atoms with Crippen LogP contribution in [0.25, 0.3) is 0 Å². The summed E-state index contributed by atoms with van der Waals surface area (Å²) in [6.45, 7) is 0. The standard InChI is InChI=1S/C10H8N4O4/c15-7(16)5-1-3-6(4-2-5)11-8-12-9(17)14-10(18)13-8/h1-4H,(H,15,16)(H3,11,12,13,14,17,18). The zero-order chi connectivity index (χ0) is 13.1. The number of nitrogens with zero attached hydrogens (tertiary/aromatic N) is 3. The topological polar surface area (TPSA) is 128 Å². The molecule has 0 atom stereocenters. The van der Waals surface area contributed by atoms with Gasteiger partial charge in [-0.3, -0.25) is 0 Å². The van der Waals surface area contributed by atoms with Crippen molar-refractivity contribution in [3.63, 3.8) is 0 Å². The summed E-state index contributed by atoms with van der Waals surface area (Å²) in [4.78, 5) is 20.9. The number of anilines is 2. The van der Waals surface area contributed by atoms with Crippen molar-refractivity contribution in [3.05, 3.63) is 29.8 Å². The van der Waals surface area contributed by atoms with Gasteiger partial charge in [-0.2, -0.15) is 9.97 Å². The Morgan fingerprint density at radius 1 is 1.00 bits per heavy atom. The Labute approximate surface area is 101 Å². The number of aromatic carboxylic acids is 1. The van der Waals surface area contributed by atoms with E-state index in [1.807, 2.05) is 0 Å². The number of nitrogens with one attached hydrogen (secondary N) is 1. The molecule has 0 bridgehead atoms. The van der Waals surface area contributed by atoms with Crippen LogP contribution in [0.15, 0.2) is 24.3 Å². The Balaban J connectivity index is 2.20. The summed E-state index contributed by atoms with van der Waals surface area (Å²) >= 11 is 0. The van der Waals surface area contributed by atoms with Gasteiger partial charge in [0.2, 0.25) is 5.95 Å². The largest absolute Gasteiger partial charge is 0.479 e. The van der Waals surface area contributed by atoms with Gasteiger partial charge in [-0.25, -0.2) is 4.79 Å². The van der Waals surface area contributed by atoms with Crippen molar-refractivity contribution in [2.75, 3.05) is 5.32 Å². The Kier molecular flexibility index (Phi) is 2.92. The number of hydrogen-bond acceptors (Lipinski definition) is 7. The molecule has 1 aromatic carbocycles. The number of carboxylic acids is 1. The van der Waals surface area contributed by atoms with Crippen LogP contribution >= 0.6 is 0 Å². The Hall–Kier alpha value is -2.90. The maximum Gasteiger partial charge on any atom is 0.335 e. The van der Waals surface area contributed by atoms with Crippen LogP contribution in [0.4, 0.5) is 11.6 Å². The van der Waals surface area contributed by atoms with Gasteiger partial charge >= 0.3 is 18.0 Å². The summed E-state index contributed by atoms with van der Waals surface area (Å²) in [5.41, 5.74) is 0.645. The molecule has 0 fully saturated rings. The van der Waals surface area contributed by atoms with Gasteiger partial charge in [0.15, 0.2) is 0 Å². The van der Waals surface area contributed by atoms with Gasteiger partial charge in [-0.15, -0.1) is 4.98 Å². The van der Waals surface area contributed by atoms with E-state index in [2.05, 4.69) is 20.3 Å². The smallest absolute Gasteiger partial charge is 0.335 e. The van der Waals surface area contributed by atoms with Crippen LogP contribution < -0.4 is 5.32 Å². The number of aromatic nitrogens is 3. The monoisotopic (exact) mass is 248 g/mol. The van der Waals surface area contributed by atoms with Crippen molar-refractivity contribution in [3.8, 4) is 12.0 Å². The van der Waals surface area contributed by atoms with Gasteiger partial charge in [-0.1, -0.05) is 0 Å². The molecule has 1 heterocycles. The first-order valence-corrected chi connectivity index (χ1v) is 4.79. The molecular weight excluding hydrogens is 240 g/mol. The summed E-state index contributed by atoms with van der Waals surface area (Å²) in [5, 5.41) is 29.5. The second-order valence-electron chi connectivity index (χ2n) is 3.27. The predicted octanol–water partition coefficient (Wildman–Crippen LogP) is 0.725. The lowest BCUT2D eigenvalue weighted by atomic mass is 10.2. The summed E-state index contributed by atoms with van der Waals surface area (Å²) < 4.78 is 0. The van der Waals surface area contributed by atoms with E-state index < -0.39 is 18.0 Å². The summed E-state index contributed by atoms with van der Waals surface area (Å²) in [6, 6.07) is 4.55. The molecule has 0 spiro atoms. The molecule has 0 saturated carbocycles. The first kappa shape index (κ1) is 11.6. The molecule has 0 amide bonds. The molecule has 18 heavy (non-hydrogen) atoms. The fourth-order valence-corrected chi connectivity index (χ4v) is 1.24. The molecule has 8 nitrogen and oxygen atoms in total. The first-order valence-electron chi connectivity index (χ1n) is 4.79. The molecule has 2 aromatic rings. The minimum atomic E-state index is -1.03. The highest BCUT2D eigenvalue weighted by molar-refractivity contribution is 5.88. The van der Waals surface area contributed by atoms with Crippen LogP contribution in [-0.2, 0) is 0 Å². The second kappa shape index (κ2) is 4.53. The molecule has 0 aliphatic heterocycles. The average Bonchev–Trinajstić information content (AvgIpc) is 2.28. The summed E-state index contributed by atoms with van der Waals surface area (Å²) in [7, 11) is 0. The molecule has 92 valence electrons.